The van der Waals surface area contributed by atoms with Crippen LogP contribution in [0.25, 0.3) is 0 Å². The fourth-order valence-electron chi connectivity index (χ4n) is 0. The van der Waals surface area contributed by atoms with Crippen molar-refractivity contribution in [1.29, 1.82) is 0 Å². The van der Waals surface area contributed by atoms with Crippen molar-refractivity contribution in [3.63, 3.8) is 0 Å². The zero-order chi connectivity index (χ0) is 5.58. The zero-order valence-electron chi connectivity index (χ0n) is 2.57. The first-order valence-corrected chi connectivity index (χ1v) is 2.45. The maximum absolute atomic E-state index is 8.59. The van der Waals surface area contributed by atoms with Gasteiger partial charge in [0.05, 0.1) is 0 Å². The van der Waals surface area contributed by atoms with Gasteiger partial charge >= 0.3 is 21.0 Å². The summed E-state index contributed by atoms with van der Waals surface area (Å²) in [4.78, 5) is 24.2. The third-order valence-electron chi connectivity index (χ3n) is 0. The van der Waals surface area contributed by atoms with E-state index in [0.717, 1.165) is 17.4 Å². The molecule has 0 bridgehead atoms. The molecule has 0 atom stereocenters. The molecular formula is HO4PV. The fourth-order valence-corrected chi connectivity index (χ4v) is 0. The molecule has 0 amide bonds. The van der Waals surface area contributed by atoms with Gasteiger partial charge in [-0.3, -0.25) is 0 Å². The van der Waals surface area contributed by atoms with Crippen LogP contribution in [0.5, 0.6) is 0 Å². The predicted molar refractivity (Wildman–Crippen MR) is 9.83 cm³/mol. The van der Waals surface area contributed by atoms with Crippen LogP contribution < -0.4 is 9.79 Å². The molecule has 0 rings (SSSR count). The van der Waals surface area contributed by atoms with Gasteiger partial charge in [-0.15, -0.1) is 0 Å². The molecule has 0 aromatic rings. The van der Waals surface area contributed by atoms with E-state index in [9.17, 15) is 0 Å². The summed E-state index contributed by atoms with van der Waals surface area (Å²) in [6.45, 7) is 0. The van der Waals surface area contributed by atoms with Gasteiger partial charge in [0.15, 0.2) is 0 Å². The van der Waals surface area contributed by atoms with Crippen LogP contribution in [0, 0.1) is 0 Å². The summed E-state index contributed by atoms with van der Waals surface area (Å²) in [5.74, 6) is 0. The van der Waals surface area contributed by atoms with Gasteiger partial charge in [-0.2, -0.15) is 8.60 Å². The van der Waals surface area contributed by atoms with Crippen LogP contribution in [0.1, 0.15) is 0 Å². The Balaban J connectivity index is 0. The van der Waals surface area contributed by atoms with Gasteiger partial charge in [-0.05, 0) is 0 Å². The van der Waals surface area contributed by atoms with Gasteiger partial charge in [0, 0.05) is 0 Å². The number of hydrogen-bond donors (Lipinski definition) is 1. The van der Waals surface area contributed by atoms with E-state index in [4.69, 9.17) is 18.4 Å². The van der Waals surface area contributed by atoms with Gasteiger partial charge in [-0.25, -0.2) is 0 Å². The Morgan fingerprint density at radius 1 is 1.50 bits per heavy atom. The van der Waals surface area contributed by atoms with E-state index >= 15 is 0 Å². The quantitative estimate of drug-likeness (QED) is 0.394. The van der Waals surface area contributed by atoms with Crippen LogP contribution in [0.4, 0.5) is 0 Å². The van der Waals surface area contributed by atoms with Crippen molar-refractivity contribution in [2.75, 3.05) is 0 Å². The Morgan fingerprint density at radius 2 is 1.50 bits per heavy atom. The second-order valence-corrected chi connectivity index (χ2v) is 0.714. The summed E-state index contributed by atoms with van der Waals surface area (Å²) < 4.78 is 8.19. The molecule has 6 heteroatoms. The van der Waals surface area contributed by atoms with Crippen LogP contribution >= 0.6 is 8.60 Å². The average molecular weight is 147 g/mol. The molecule has 0 saturated carbocycles. The molecule has 0 spiro atoms. The number of rotatable bonds is 0. The SMILES string of the molecule is [O-]P([O-])O.[O]=[V+2]. The van der Waals surface area contributed by atoms with E-state index in [1.807, 2.05) is 0 Å². The first kappa shape index (κ1) is 9.85. The summed E-state index contributed by atoms with van der Waals surface area (Å²) >= 11 is 1.06. The molecule has 0 unspecified atom stereocenters. The molecule has 35 valence electrons. The topological polar surface area (TPSA) is 83.4 Å². The summed E-state index contributed by atoms with van der Waals surface area (Å²) in [6.07, 6.45) is 0. The monoisotopic (exact) mass is 147 g/mol. The van der Waals surface area contributed by atoms with Crippen LogP contribution in [0.3, 0.4) is 0 Å². The standard InChI is InChI=1S/HO3P.O.V/c1-4(2)3;;/h1H;;/q-2;;+2. The van der Waals surface area contributed by atoms with Crippen molar-refractivity contribution in [2.45, 2.75) is 0 Å². The molecule has 0 aromatic heterocycles. The van der Waals surface area contributed by atoms with Gasteiger partial charge in [0.2, 0.25) is 0 Å². The fraction of sp³-hybridized carbons (Fsp3) is 0. The van der Waals surface area contributed by atoms with Crippen LogP contribution in [0.2, 0.25) is 0 Å². The predicted octanol–water partition coefficient (Wildman–Crippen LogP) is -2.20. The Labute approximate surface area is 45.0 Å². The van der Waals surface area contributed by atoms with E-state index in [2.05, 4.69) is 0 Å². The van der Waals surface area contributed by atoms with Crippen LogP contribution in [-0.4, -0.2) is 4.89 Å². The molecule has 0 aliphatic rings. The molecule has 0 heterocycles. The van der Waals surface area contributed by atoms with E-state index in [0.29, 0.717) is 0 Å². The maximum atomic E-state index is 8.59. The van der Waals surface area contributed by atoms with Crippen molar-refractivity contribution in [3.05, 3.63) is 0 Å². The summed E-state index contributed by atoms with van der Waals surface area (Å²) in [6, 6.07) is 0. The summed E-state index contributed by atoms with van der Waals surface area (Å²) in [5, 5.41) is 0. The molecule has 0 aromatic carbocycles. The minimum atomic E-state index is -3.12. The first-order valence-electron chi connectivity index (χ1n) is 0.748. The number of hydrogen-bond acceptors (Lipinski definition) is 4. The third kappa shape index (κ3) is 133. The van der Waals surface area contributed by atoms with Crippen LogP contribution in [-0.2, 0) is 21.0 Å². The van der Waals surface area contributed by atoms with Gasteiger partial charge in [0.25, 0.3) is 0 Å². The van der Waals surface area contributed by atoms with E-state index in [-0.39, 0.29) is 0 Å². The Morgan fingerprint density at radius 3 is 1.50 bits per heavy atom. The minimum absolute atomic E-state index is 1.06. The second-order valence-electron chi connectivity index (χ2n) is 0.238. The van der Waals surface area contributed by atoms with E-state index in [1.54, 1.807) is 0 Å². The van der Waals surface area contributed by atoms with Gasteiger partial charge in [0.1, 0.15) is 0 Å². The van der Waals surface area contributed by atoms with Gasteiger partial charge < -0.3 is 14.7 Å². The van der Waals surface area contributed by atoms with Crippen molar-refractivity contribution < 1.29 is 35.7 Å². The molecule has 6 heavy (non-hydrogen) atoms. The Bertz CT molecular complexity index is 18.8. The molecule has 0 fully saturated rings. The molecule has 0 radical (unpaired) electrons. The van der Waals surface area contributed by atoms with Crippen molar-refractivity contribution >= 4 is 8.60 Å². The Kier molecular flexibility index (Phi) is 15.1. The van der Waals surface area contributed by atoms with Crippen LogP contribution in [0.15, 0.2) is 0 Å². The van der Waals surface area contributed by atoms with Crippen molar-refractivity contribution in [3.8, 4) is 0 Å². The summed E-state index contributed by atoms with van der Waals surface area (Å²) in [7, 11) is -3.12. The first-order chi connectivity index (χ1) is 2.73. The molecular weight excluding hydrogens is 146 g/mol. The Hall–Kier alpha value is 0.694. The van der Waals surface area contributed by atoms with E-state index in [1.165, 1.54) is 0 Å². The third-order valence-corrected chi connectivity index (χ3v) is 0. The van der Waals surface area contributed by atoms with Crippen molar-refractivity contribution in [2.24, 2.45) is 0 Å². The molecule has 0 aliphatic heterocycles. The van der Waals surface area contributed by atoms with Crippen molar-refractivity contribution in [1.82, 2.24) is 0 Å². The van der Waals surface area contributed by atoms with Gasteiger partial charge in [-0.1, -0.05) is 0 Å². The molecule has 4 nitrogen and oxygen atoms in total. The zero-order valence-corrected chi connectivity index (χ0v) is 4.86. The summed E-state index contributed by atoms with van der Waals surface area (Å²) in [5.41, 5.74) is 0. The molecule has 0 saturated heterocycles. The average Bonchev–Trinajstić information content (AvgIpc) is 1.41. The second kappa shape index (κ2) is 9.19. The molecule has 0 aliphatic carbocycles. The van der Waals surface area contributed by atoms with E-state index < -0.39 is 8.60 Å². The normalized spacial score (nSPS) is 7.00. The molecule has 1 N–H and O–H groups in total.